The molecule has 2 bridgehead atoms. The Morgan fingerprint density at radius 3 is 2.62 bits per heavy atom. The number of nitrogens with zero attached hydrogens (tertiary/aromatic N) is 3. The molecule has 7 heteroatoms. The number of nitro benzene ring substituents is 1. The average molecular weight is 462 g/mol. The van der Waals surface area contributed by atoms with Crippen LogP contribution in [0.4, 0.5) is 5.69 Å². The van der Waals surface area contributed by atoms with Crippen LogP contribution in [0.1, 0.15) is 60.3 Å². The Kier molecular flexibility index (Phi) is 6.00. The second kappa shape index (κ2) is 8.96. The molecular formula is C27H31N3O4. The zero-order chi connectivity index (χ0) is 23.9. The van der Waals surface area contributed by atoms with Crippen molar-refractivity contribution >= 4 is 22.5 Å². The topological polar surface area (TPSA) is 77.6 Å². The van der Waals surface area contributed by atoms with Crippen LogP contribution in [0, 0.1) is 15.5 Å². The van der Waals surface area contributed by atoms with Crippen LogP contribution in [-0.4, -0.2) is 40.5 Å². The van der Waals surface area contributed by atoms with Crippen LogP contribution < -0.4 is 0 Å². The maximum atomic E-state index is 13.5. The summed E-state index contributed by atoms with van der Waals surface area (Å²) in [6, 6.07) is 15.1. The first-order valence-corrected chi connectivity index (χ1v) is 12.1. The van der Waals surface area contributed by atoms with E-state index in [1.807, 2.05) is 34.9 Å². The summed E-state index contributed by atoms with van der Waals surface area (Å²) in [4.78, 5) is 26.6. The fourth-order valence-corrected chi connectivity index (χ4v) is 6.14. The lowest BCUT2D eigenvalue weighted by atomic mass is 9.69. The van der Waals surface area contributed by atoms with Crippen LogP contribution in [0.2, 0.25) is 0 Å². The summed E-state index contributed by atoms with van der Waals surface area (Å²) in [6.07, 6.45) is 4.01. The predicted molar refractivity (Wildman–Crippen MR) is 131 cm³/mol. The third kappa shape index (κ3) is 3.73. The molecule has 2 aliphatic heterocycles. The summed E-state index contributed by atoms with van der Waals surface area (Å²) < 4.78 is 8.10. The largest absolute Gasteiger partial charge is 0.375 e. The number of hydrogen-bond acceptors (Lipinski definition) is 5. The molecule has 3 aromatic rings. The quantitative estimate of drug-likeness (QED) is 0.370. The highest BCUT2D eigenvalue weighted by Gasteiger charge is 2.48. The number of rotatable bonds is 5. The van der Waals surface area contributed by atoms with Crippen LogP contribution in [-0.2, 0) is 17.7 Å². The Morgan fingerprint density at radius 2 is 1.91 bits per heavy atom. The van der Waals surface area contributed by atoms with E-state index < -0.39 is 0 Å². The fourth-order valence-electron chi connectivity index (χ4n) is 6.14. The molecule has 2 aliphatic rings. The lowest BCUT2D eigenvalue weighted by Gasteiger charge is -2.44. The number of methoxy groups -OCH3 is 1. The molecule has 0 saturated heterocycles. The number of benzene rings is 2. The zero-order valence-corrected chi connectivity index (χ0v) is 19.8. The number of para-hydroxylation sites is 1. The molecule has 0 N–H and O–H groups in total. The first-order valence-electron chi connectivity index (χ1n) is 12.1. The van der Waals surface area contributed by atoms with Gasteiger partial charge in [0.05, 0.1) is 16.1 Å². The van der Waals surface area contributed by atoms with E-state index in [4.69, 9.17) is 4.74 Å². The maximum absolute atomic E-state index is 13.5. The van der Waals surface area contributed by atoms with Crippen molar-refractivity contribution in [3.63, 3.8) is 0 Å². The van der Waals surface area contributed by atoms with E-state index in [-0.39, 0.29) is 28.0 Å². The highest BCUT2D eigenvalue weighted by atomic mass is 16.6. The maximum Gasteiger partial charge on any atom is 0.269 e. The summed E-state index contributed by atoms with van der Waals surface area (Å²) >= 11 is 0. The van der Waals surface area contributed by atoms with Crippen LogP contribution in [0.5, 0.6) is 0 Å². The van der Waals surface area contributed by atoms with E-state index in [0.717, 1.165) is 67.5 Å². The van der Waals surface area contributed by atoms with Gasteiger partial charge in [0, 0.05) is 49.6 Å². The molecule has 7 nitrogen and oxygen atoms in total. The molecule has 5 rings (SSSR count). The smallest absolute Gasteiger partial charge is 0.269 e. The number of non-ortho nitro benzene ring substituents is 1. The van der Waals surface area contributed by atoms with E-state index in [2.05, 4.69) is 17.9 Å². The summed E-state index contributed by atoms with van der Waals surface area (Å²) in [7, 11) is 1.78. The molecule has 178 valence electrons. The molecule has 3 heterocycles. The Balaban J connectivity index is 1.54. The Labute approximate surface area is 199 Å². The van der Waals surface area contributed by atoms with E-state index >= 15 is 0 Å². The molecule has 2 aromatic carbocycles. The molecule has 0 amide bonds. The number of carbonyl (C=O) groups excluding carboxylic acids is 1. The van der Waals surface area contributed by atoms with Crippen molar-refractivity contribution in [2.45, 2.75) is 51.7 Å². The first-order chi connectivity index (χ1) is 16.5. The average Bonchev–Trinajstić information content (AvgIpc) is 3.17. The highest BCUT2D eigenvalue weighted by molar-refractivity contribution is 5.97. The number of fused-ring (bicyclic) bond motifs is 4. The Bertz CT molecular complexity index is 1230. The summed E-state index contributed by atoms with van der Waals surface area (Å²) in [6.45, 7) is 4.69. The van der Waals surface area contributed by atoms with Gasteiger partial charge in [-0.1, -0.05) is 37.3 Å². The van der Waals surface area contributed by atoms with Crippen molar-refractivity contribution in [1.82, 2.24) is 9.47 Å². The van der Waals surface area contributed by atoms with E-state index in [1.54, 1.807) is 19.2 Å². The minimum absolute atomic E-state index is 0.0983. The predicted octanol–water partition coefficient (Wildman–Crippen LogP) is 5.52. The van der Waals surface area contributed by atoms with Crippen LogP contribution in [0.15, 0.2) is 48.5 Å². The minimum Gasteiger partial charge on any atom is -0.375 e. The van der Waals surface area contributed by atoms with Gasteiger partial charge in [-0.3, -0.25) is 24.4 Å². The molecule has 0 radical (unpaired) electrons. The number of hydrogen-bond donors (Lipinski definition) is 0. The fraction of sp³-hybridized carbons (Fsp3) is 0.444. The van der Waals surface area contributed by atoms with Crippen LogP contribution in [0.3, 0.4) is 0 Å². The molecule has 0 unspecified atom stereocenters. The van der Waals surface area contributed by atoms with Gasteiger partial charge in [0.1, 0.15) is 6.10 Å². The van der Waals surface area contributed by atoms with E-state index in [9.17, 15) is 14.9 Å². The lowest BCUT2D eigenvalue weighted by Crippen LogP contribution is -2.42. The van der Waals surface area contributed by atoms with Gasteiger partial charge in [0.15, 0.2) is 0 Å². The van der Waals surface area contributed by atoms with Crippen molar-refractivity contribution in [3.05, 3.63) is 75.5 Å². The molecule has 0 spiro atoms. The SMILES string of the molecule is CC[C@]12CCCN(Cc3ccc([N+](=O)[O-])cc3)CCc3c(n(c4ccccc34)C(=O)C1)[C@H]2OC. The van der Waals surface area contributed by atoms with E-state index in [1.165, 1.54) is 5.56 Å². The van der Waals surface area contributed by atoms with Crippen molar-refractivity contribution in [2.75, 3.05) is 20.2 Å². The third-order valence-electron chi connectivity index (χ3n) is 7.90. The van der Waals surface area contributed by atoms with Gasteiger partial charge < -0.3 is 4.74 Å². The van der Waals surface area contributed by atoms with Gasteiger partial charge in [0.2, 0.25) is 5.91 Å². The number of aromatic nitrogens is 1. The number of ether oxygens (including phenoxy) is 1. The molecule has 0 fully saturated rings. The second-order valence-electron chi connectivity index (χ2n) is 9.67. The summed E-state index contributed by atoms with van der Waals surface area (Å²) in [5.74, 6) is 0.177. The Hall–Kier alpha value is -3.03. The van der Waals surface area contributed by atoms with Gasteiger partial charge in [-0.15, -0.1) is 0 Å². The zero-order valence-electron chi connectivity index (χ0n) is 19.8. The van der Waals surface area contributed by atoms with Crippen molar-refractivity contribution in [1.29, 1.82) is 0 Å². The summed E-state index contributed by atoms with van der Waals surface area (Å²) in [5.41, 5.74) is 4.21. The molecule has 34 heavy (non-hydrogen) atoms. The molecule has 0 aliphatic carbocycles. The van der Waals surface area contributed by atoms with Crippen LogP contribution >= 0.6 is 0 Å². The monoisotopic (exact) mass is 461 g/mol. The van der Waals surface area contributed by atoms with E-state index in [0.29, 0.717) is 6.42 Å². The molecular weight excluding hydrogens is 430 g/mol. The normalized spacial score (nSPS) is 23.2. The molecule has 1 aromatic heterocycles. The van der Waals surface area contributed by atoms with Gasteiger partial charge in [-0.05, 0) is 49.4 Å². The first kappa shape index (κ1) is 22.7. The van der Waals surface area contributed by atoms with Gasteiger partial charge in [0.25, 0.3) is 5.69 Å². The minimum atomic E-state index is -0.360. The molecule has 2 atom stereocenters. The number of nitro groups is 1. The van der Waals surface area contributed by atoms with Crippen molar-refractivity contribution < 1.29 is 14.5 Å². The number of carbonyl (C=O) groups is 1. The van der Waals surface area contributed by atoms with Crippen molar-refractivity contribution in [2.24, 2.45) is 5.41 Å². The van der Waals surface area contributed by atoms with Crippen LogP contribution in [0.25, 0.3) is 10.9 Å². The second-order valence-corrected chi connectivity index (χ2v) is 9.67. The Morgan fingerprint density at radius 1 is 1.15 bits per heavy atom. The molecule has 0 saturated carbocycles. The van der Waals surface area contributed by atoms with Gasteiger partial charge >= 0.3 is 0 Å². The highest BCUT2D eigenvalue weighted by Crippen LogP contribution is 2.52. The third-order valence-corrected chi connectivity index (χ3v) is 7.90. The van der Waals surface area contributed by atoms with Gasteiger partial charge in [-0.2, -0.15) is 0 Å². The summed E-state index contributed by atoms with van der Waals surface area (Å²) in [5, 5.41) is 12.1. The lowest BCUT2D eigenvalue weighted by molar-refractivity contribution is -0.384. The standard InChI is InChI=1S/C27H31N3O4/c1-3-27-14-6-15-28(18-19-9-11-20(12-10-19)30(32)33)16-13-22-21-7-4-5-8-23(21)29(24(31)17-27)25(22)26(27)34-2/h4-5,7-12,26H,3,6,13-18H2,1-2H3/t26-,27+/m1/s1. The van der Waals surface area contributed by atoms with Gasteiger partial charge in [-0.25, -0.2) is 0 Å². The van der Waals surface area contributed by atoms with Crippen molar-refractivity contribution in [3.8, 4) is 0 Å².